The molecule has 0 aliphatic heterocycles. The molecule has 1 aromatic heterocycles. The Balaban J connectivity index is 2.58. The number of hydrogen-bond donors (Lipinski definition) is 0. The van der Waals surface area contributed by atoms with Gasteiger partial charge in [-0.2, -0.15) is 5.10 Å². The fourth-order valence-electron chi connectivity index (χ4n) is 1.33. The van der Waals surface area contributed by atoms with Crippen LogP contribution in [0.5, 0.6) is 0 Å². The smallest absolute Gasteiger partial charge is 0.168 e. The molecule has 0 aliphatic carbocycles. The Labute approximate surface area is 89.5 Å². The average Bonchev–Trinajstić information content (AvgIpc) is 2.65. The van der Waals surface area contributed by atoms with E-state index in [9.17, 15) is 4.79 Å². The van der Waals surface area contributed by atoms with Crippen LogP contribution >= 0.6 is 0 Å². The molecule has 1 atom stereocenters. The summed E-state index contributed by atoms with van der Waals surface area (Å²) in [6, 6.07) is 0. The zero-order valence-electron chi connectivity index (χ0n) is 9.43. The van der Waals surface area contributed by atoms with Gasteiger partial charge in [-0.25, -0.2) is 9.67 Å². The number of Topliss-reactive ketones (excluding diaryl/α,β-unsaturated/α-hetero) is 1. The maximum absolute atomic E-state index is 11.7. The number of ether oxygens (including phenoxy) is 1. The summed E-state index contributed by atoms with van der Waals surface area (Å²) in [6.45, 7) is 6.88. The molecule has 0 fully saturated rings. The summed E-state index contributed by atoms with van der Waals surface area (Å²) in [5.41, 5.74) is 0. The first-order valence-corrected chi connectivity index (χ1v) is 5.20. The van der Waals surface area contributed by atoms with E-state index in [1.807, 2.05) is 13.8 Å². The van der Waals surface area contributed by atoms with Crippen molar-refractivity contribution in [2.75, 3.05) is 6.61 Å². The maximum atomic E-state index is 11.7. The Morgan fingerprint density at radius 2 is 2.33 bits per heavy atom. The molecule has 0 amide bonds. The van der Waals surface area contributed by atoms with Gasteiger partial charge in [0.05, 0.1) is 6.42 Å². The van der Waals surface area contributed by atoms with Gasteiger partial charge in [0.1, 0.15) is 18.3 Å². The van der Waals surface area contributed by atoms with E-state index in [2.05, 4.69) is 10.1 Å². The molecule has 0 saturated carbocycles. The van der Waals surface area contributed by atoms with Gasteiger partial charge >= 0.3 is 0 Å². The quantitative estimate of drug-likeness (QED) is 0.699. The normalized spacial score (nSPS) is 12.7. The SMILES string of the molecule is CCOC(C)C(=O)Cc1ncnn1CC. The molecule has 5 heteroatoms. The van der Waals surface area contributed by atoms with Crippen LogP contribution in [0.1, 0.15) is 26.6 Å². The van der Waals surface area contributed by atoms with Crippen LogP contribution in [0, 0.1) is 0 Å². The number of nitrogens with zero attached hydrogens (tertiary/aromatic N) is 3. The van der Waals surface area contributed by atoms with Crippen LogP contribution in [0.3, 0.4) is 0 Å². The van der Waals surface area contributed by atoms with Crippen LogP contribution in [0.15, 0.2) is 6.33 Å². The van der Waals surface area contributed by atoms with Gasteiger partial charge in [-0.15, -0.1) is 0 Å². The second-order valence-corrected chi connectivity index (χ2v) is 3.23. The topological polar surface area (TPSA) is 57.0 Å². The van der Waals surface area contributed by atoms with Crippen molar-refractivity contribution < 1.29 is 9.53 Å². The number of carbonyl (C=O) groups excluding carboxylic acids is 1. The van der Waals surface area contributed by atoms with E-state index in [1.165, 1.54) is 6.33 Å². The van der Waals surface area contributed by atoms with Gasteiger partial charge in [0, 0.05) is 13.2 Å². The number of hydrogen-bond acceptors (Lipinski definition) is 4. The summed E-state index contributed by atoms with van der Waals surface area (Å²) in [6.07, 6.45) is 1.39. The molecule has 84 valence electrons. The van der Waals surface area contributed by atoms with Gasteiger partial charge in [0.25, 0.3) is 0 Å². The molecule has 0 bridgehead atoms. The lowest BCUT2D eigenvalue weighted by atomic mass is 10.2. The molecule has 0 aliphatic rings. The molecule has 1 unspecified atom stereocenters. The average molecular weight is 211 g/mol. The third-order valence-corrected chi connectivity index (χ3v) is 2.20. The summed E-state index contributed by atoms with van der Waals surface area (Å²) in [4.78, 5) is 15.7. The molecule has 0 radical (unpaired) electrons. The Morgan fingerprint density at radius 1 is 1.60 bits per heavy atom. The molecule has 1 heterocycles. The summed E-state index contributed by atoms with van der Waals surface area (Å²) in [7, 11) is 0. The van der Waals surface area contributed by atoms with Crippen LogP contribution in [-0.4, -0.2) is 33.3 Å². The zero-order chi connectivity index (χ0) is 11.3. The molecule has 0 aromatic carbocycles. The van der Waals surface area contributed by atoms with Crippen molar-refractivity contribution in [2.24, 2.45) is 0 Å². The van der Waals surface area contributed by atoms with Crippen LogP contribution in [-0.2, 0) is 22.5 Å². The van der Waals surface area contributed by atoms with E-state index in [4.69, 9.17) is 4.74 Å². The van der Waals surface area contributed by atoms with Gasteiger partial charge in [-0.05, 0) is 20.8 Å². The van der Waals surface area contributed by atoms with Crippen molar-refractivity contribution in [1.82, 2.24) is 14.8 Å². The highest BCUT2D eigenvalue weighted by Gasteiger charge is 2.16. The largest absolute Gasteiger partial charge is 0.371 e. The summed E-state index contributed by atoms with van der Waals surface area (Å²) in [5.74, 6) is 0.744. The zero-order valence-corrected chi connectivity index (χ0v) is 9.43. The van der Waals surface area contributed by atoms with Crippen LogP contribution in [0.25, 0.3) is 0 Å². The second kappa shape index (κ2) is 5.60. The van der Waals surface area contributed by atoms with E-state index in [0.717, 1.165) is 6.54 Å². The summed E-state index contributed by atoms with van der Waals surface area (Å²) in [5, 5.41) is 4.01. The summed E-state index contributed by atoms with van der Waals surface area (Å²) >= 11 is 0. The minimum absolute atomic E-state index is 0.0413. The van der Waals surface area contributed by atoms with Crippen molar-refractivity contribution in [1.29, 1.82) is 0 Å². The fraction of sp³-hybridized carbons (Fsp3) is 0.700. The first kappa shape index (κ1) is 11.8. The maximum Gasteiger partial charge on any atom is 0.168 e. The lowest BCUT2D eigenvalue weighted by Gasteiger charge is -2.09. The Morgan fingerprint density at radius 3 is 2.93 bits per heavy atom. The lowest BCUT2D eigenvalue weighted by molar-refractivity contribution is -0.128. The Kier molecular flexibility index (Phi) is 4.42. The van der Waals surface area contributed by atoms with E-state index in [1.54, 1.807) is 11.6 Å². The van der Waals surface area contributed by atoms with Crippen LogP contribution in [0.4, 0.5) is 0 Å². The molecule has 0 N–H and O–H groups in total. The highest BCUT2D eigenvalue weighted by Crippen LogP contribution is 2.01. The summed E-state index contributed by atoms with van der Waals surface area (Å²) < 4.78 is 6.94. The predicted molar refractivity (Wildman–Crippen MR) is 55.5 cm³/mol. The molecular formula is C10H17N3O2. The number of aryl methyl sites for hydroxylation is 1. The van der Waals surface area contributed by atoms with Crippen molar-refractivity contribution >= 4 is 5.78 Å². The van der Waals surface area contributed by atoms with Gasteiger partial charge in [-0.3, -0.25) is 4.79 Å². The molecule has 1 aromatic rings. The molecule has 15 heavy (non-hydrogen) atoms. The van der Waals surface area contributed by atoms with Gasteiger partial charge < -0.3 is 4.74 Å². The standard InChI is InChI=1S/C10H17N3O2/c1-4-13-10(11-7-12-13)6-9(14)8(3)15-5-2/h7-8H,4-6H2,1-3H3. The third kappa shape index (κ3) is 3.13. The van der Waals surface area contributed by atoms with Gasteiger partial charge in [-0.1, -0.05) is 0 Å². The molecular weight excluding hydrogens is 194 g/mol. The van der Waals surface area contributed by atoms with E-state index >= 15 is 0 Å². The highest BCUT2D eigenvalue weighted by molar-refractivity contribution is 5.84. The third-order valence-electron chi connectivity index (χ3n) is 2.20. The molecule has 0 saturated heterocycles. The highest BCUT2D eigenvalue weighted by atomic mass is 16.5. The number of aromatic nitrogens is 3. The lowest BCUT2D eigenvalue weighted by Crippen LogP contribution is -2.24. The van der Waals surface area contributed by atoms with Crippen molar-refractivity contribution in [3.63, 3.8) is 0 Å². The first-order valence-electron chi connectivity index (χ1n) is 5.20. The molecule has 0 spiro atoms. The van der Waals surface area contributed by atoms with Crippen LogP contribution in [0.2, 0.25) is 0 Å². The van der Waals surface area contributed by atoms with Crippen LogP contribution < -0.4 is 0 Å². The molecule has 1 rings (SSSR count). The Bertz CT molecular complexity index is 322. The van der Waals surface area contributed by atoms with Crippen molar-refractivity contribution in [3.05, 3.63) is 12.2 Å². The van der Waals surface area contributed by atoms with E-state index in [0.29, 0.717) is 12.4 Å². The fourth-order valence-corrected chi connectivity index (χ4v) is 1.33. The van der Waals surface area contributed by atoms with Gasteiger partial charge in [0.2, 0.25) is 0 Å². The number of ketones is 1. The number of carbonyl (C=O) groups is 1. The predicted octanol–water partition coefficient (Wildman–Crippen LogP) is 0.835. The second-order valence-electron chi connectivity index (χ2n) is 3.23. The first-order chi connectivity index (χ1) is 7.19. The minimum atomic E-state index is -0.364. The van der Waals surface area contributed by atoms with Gasteiger partial charge in [0.15, 0.2) is 5.78 Å². The molecule has 5 nitrogen and oxygen atoms in total. The van der Waals surface area contributed by atoms with Crippen molar-refractivity contribution in [3.8, 4) is 0 Å². The van der Waals surface area contributed by atoms with E-state index < -0.39 is 0 Å². The monoisotopic (exact) mass is 211 g/mol. The Hall–Kier alpha value is -1.23. The van der Waals surface area contributed by atoms with Crippen molar-refractivity contribution in [2.45, 2.75) is 39.8 Å². The van der Waals surface area contributed by atoms with E-state index in [-0.39, 0.29) is 18.3 Å². The number of rotatable bonds is 6. The minimum Gasteiger partial charge on any atom is -0.371 e.